The standard InChI is InChI=1S/C18H21ClN2/c19-18-11-4-1-7-15(18)13-21(17-9-2-3-10-17)14-16-8-5-6-12-20-16/h1,4-8,11-12,17H,2-3,9-10,13-14H2. The van der Waals surface area contributed by atoms with Crippen LogP contribution in [-0.4, -0.2) is 15.9 Å². The van der Waals surface area contributed by atoms with Crippen LogP contribution < -0.4 is 0 Å². The summed E-state index contributed by atoms with van der Waals surface area (Å²) in [6.45, 7) is 1.80. The molecule has 0 spiro atoms. The first kappa shape index (κ1) is 14.6. The van der Waals surface area contributed by atoms with Gasteiger partial charge in [-0.2, -0.15) is 0 Å². The summed E-state index contributed by atoms with van der Waals surface area (Å²) >= 11 is 6.34. The van der Waals surface area contributed by atoms with Crippen LogP contribution in [0.3, 0.4) is 0 Å². The van der Waals surface area contributed by atoms with Crippen LogP contribution in [0.5, 0.6) is 0 Å². The van der Waals surface area contributed by atoms with Crippen LogP contribution in [-0.2, 0) is 13.1 Å². The molecule has 1 aromatic carbocycles. The van der Waals surface area contributed by atoms with E-state index in [4.69, 9.17) is 11.6 Å². The van der Waals surface area contributed by atoms with E-state index >= 15 is 0 Å². The largest absolute Gasteiger partial charge is 0.290 e. The number of aromatic nitrogens is 1. The Balaban J connectivity index is 1.77. The minimum Gasteiger partial charge on any atom is -0.290 e. The number of benzene rings is 1. The van der Waals surface area contributed by atoms with Crippen molar-refractivity contribution in [1.82, 2.24) is 9.88 Å². The molecular formula is C18H21ClN2. The molecule has 1 aromatic heterocycles. The summed E-state index contributed by atoms with van der Waals surface area (Å²) in [5.74, 6) is 0. The van der Waals surface area contributed by atoms with Gasteiger partial charge in [0.1, 0.15) is 0 Å². The lowest BCUT2D eigenvalue weighted by atomic mass is 10.1. The Morgan fingerprint density at radius 2 is 1.76 bits per heavy atom. The molecule has 0 unspecified atom stereocenters. The van der Waals surface area contributed by atoms with E-state index in [0.29, 0.717) is 6.04 Å². The Bertz CT molecular complexity index is 564. The van der Waals surface area contributed by atoms with Gasteiger partial charge in [0.15, 0.2) is 0 Å². The van der Waals surface area contributed by atoms with E-state index in [0.717, 1.165) is 23.8 Å². The van der Waals surface area contributed by atoms with Crippen molar-refractivity contribution in [2.45, 2.75) is 44.8 Å². The Labute approximate surface area is 131 Å². The number of hydrogen-bond acceptors (Lipinski definition) is 2. The third-order valence-corrected chi connectivity index (χ3v) is 4.63. The molecule has 1 heterocycles. The van der Waals surface area contributed by atoms with Crippen molar-refractivity contribution in [2.24, 2.45) is 0 Å². The molecule has 1 aliphatic carbocycles. The van der Waals surface area contributed by atoms with E-state index in [1.54, 1.807) is 0 Å². The van der Waals surface area contributed by atoms with Gasteiger partial charge in [-0.3, -0.25) is 9.88 Å². The quantitative estimate of drug-likeness (QED) is 0.797. The lowest BCUT2D eigenvalue weighted by molar-refractivity contribution is 0.178. The van der Waals surface area contributed by atoms with Crippen LogP contribution >= 0.6 is 11.6 Å². The first-order valence-electron chi connectivity index (χ1n) is 7.70. The van der Waals surface area contributed by atoms with Gasteiger partial charge >= 0.3 is 0 Å². The molecule has 2 nitrogen and oxygen atoms in total. The molecule has 3 heteroatoms. The van der Waals surface area contributed by atoms with E-state index in [1.807, 2.05) is 24.4 Å². The van der Waals surface area contributed by atoms with Crippen molar-refractivity contribution in [3.63, 3.8) is 0 Å². The second kappa shape index (κ2) is 7.06. The van der Waals surface area contributed by atoms with Gasteiger partial charge < -0.3 is 0 Å². The minimum absolute atomic E-state index is 0.656. The lowest BCUT2D eigenvalue weighted by Gasteiger charge is -2.29. The maximum absolute atomic E-state index is 6.34. The van der Waals surface area contributed by atoms with Gasteiger partial charge in [-0.15, -0.1) is 0 Å². The molecule has 1 fully saturated rings. The van der Waals surface area contributed by atoms with E-state index < -0.39 is 0 Å². The first-order valence-corrected chi connectivity index (χ1v) is 8.08. The fraction of sp³-hybridized carbons (Fsp3) is 0.389. The summed E-state index contributed by atoms with van der Waals surface area (Å²) in [6.07, 6.45) is 7.13. The van der Waals surface area contributed by atoms with E-state index in [2.05, 4.69) is 34.1 Å². The number of halogens is 1. The molecule has 110 valence electrons. The molecule has 21 heavy (non-hydrogen) atoms. The smallest absolute Gasteiger partial charge is 0.0544 e. The Morgan fingerprint density at radius 1 is 1.00 bits per heavy atom. The highest BCUT2D eigenvalue weighted by Gasteiger charge is 2.23. The molecule has 0 atom stereocenters. The van der Waals surface area contributed by atoms with Crippen LogP contribution in [0.25, 0.3) is 0 Å². The number of pyridine rings is 1. The molecule has 0 amide bonds. The predicted molar refractivity (Wildman–Crippen MR) is 87.2 cm³/mol. The lowest BCUT2D eigenvalue weighted by Crippen LogP contribution is -2.32. The molecule has 0 radical (unpaired) electrons. The molecule has 0 aliphatic heterocycles. The average Bonchev–Trinajstić information content (AvgIpc) is 3.04. The average molecular weight is 301 g/mol. The SMILES string of the molecule is Clc1ccccc1CN(Cc1ccccn1)C1CCCC1. The summed E-state index contributed by atoms with van der Waals surface area (Å²) in [7, 11) is 0. The predicted octanol–water partition coefficient (Wildman–Crippen LogP) is 4.68. The number of rotatable bonds is 5. The van der Waals surface area contributed by atoms with Crippen molar-refractivity contribution in [3.05, 3.63) is 64.9 Å². The summed E-state index contributed by atoms with van der Waals surface area (Å²) in [5.41, 5.74) is 2.35. The van der Waals surface area contributed by atoms with Gasteiger partial charge in [0.25, 0.3) is 0 Å². The molecule has 1 saturated carbocycles. The highest BCUT2D eigenvalue weighted by atomic mass is 35.5. The van der Waals surface area contributed by atoms with Crippen LogP contribution in [0.15, 0.2) is 48.7 Å². The Morgan fingerprint density at radius 3 is 2.48 bits per heavy atom. The van der Waals surface area contributed by atoms with Gasteiger partial charge in [-0.05, 0) is 36.6 Å². The maximum atomic E-state index is 6.34. The van der Waals surface area contributed by atoms with Gasteiger partial charge in [-0.1, -0.05) is 48.7 Å². The minimum atomic E-state index is 0.656. The van der Waals surface area contributed by atoms with E-state index in [-0.39, 0.29) is 0 Å². The maximum Gasteiger partial charge on any atom is 0.0544 e. The van der Waals surface area contributed by atoms with Crippen LogP contribution in [0.1, 0.15) is 36.9 Å². The fourth-order valence-corrected chi connectivity index (χ4v) is 3.32. The topological polar surface area (TPSA) is 16.1 Å². The third-order valence-electron chi connectivity index (χ3n) is 4.26. The molecule has 1 aliphatic rings. The fourth-order valence-electron chi connectivity index (χ4n) is 3.13. The van der Waals surface area contributed by atoms with E-state index in [1.165, 1.54) is 31.2 Å². The third kappa shape index (κ3) is 3.84. The van der Waals surface area contributed by atoms with Gasteiger partial charge in [0.05, 0.1) is 5.69 Å². The first-order chi connectivity index (χ1) is 10.3. The molecule has 0 N–H and O–H groups in total. The molecule has 3 rings (SSSR count). The van der Waals surface area contributed by atoms with Crippen molar-refractivity contribution in [1.29, 1.82) is 0 Å². The molecule has 2 aromatic rings. The zero-order valence-electron chi connectivity index (χ0n) is 12.2. The zero-order valence-corrected chi connectivity index (χ0v) is 13.0. The Hall–Kier alpha value is -1.38. The number of nitrogens with zero attached hydrogens (tertiary/aromatic N) is 2. The summed E-state index contributed by atoms with van der Waals surface area (Å²) in [4.78, 5) is 7.02. The summed E-state index contributed by atoms with van der Waals surface area (Å²) < 4.78 is 0. The zero-order chi connectivity index (χ0) is 14.5. The van der Waals surface area contributed by atoms with Crippen molar-refractivity contribution >= 4 is 11.6 Å². The van der Waals surface area contributed by atoms with Gasteiger partial charge in [0.2, 0.25) is 0 Å². The van der Waals surface area contributed by atoms with E-state index in [9.17, 15) is 0 Å². The molecule has 0 bridgehead atoms. The summed E-state index contributed by atoms with van der Waals surface area (Å²) in [5, 5.41) is 0.863. The molecular weight excluding hydrogens is 280 g/mol. The van der Waals surface area contributed by atoms with Crippen molar-refractivity contribution in [2.75, 3.05) is 0 Å². The van der Waals surface area contributed by atoms with Crippen LogP contribution in [0.2, 0.25) is 5.02 Å². The van der Waals surface area contributed by atoms with Crippen molar-refractivity contribution < 1.29 is 0 Å². The van der Waals surface area contributed by atoms with Gasteiger partial charge in [0, 0.05) is 30.4 Å². The van der Waals surface area contributed by atoms with Gasteiger partial charge in [-0.25, -0.2) is 0 Å². The highest BCUT2D eigenvalue weighted by Crippen LogP contribution is 2.27. The second-order valence-corrected chi connectivity index (χ2v) is 6.16. The highest BCUT2D eigenvalue weighted by molar-refractivity contribution is 6.31. The monoisotopic (exact) mass is 300 g/mol. The Kier molecular flexibility index (Phi) is 4.89. The van der Waals surface area contributed by atoms with Crippen molar-refractivity contribution in [3.8, 4) is 0 Å². The molecule has 0 saturated heterocycles. The number of hydrogen-bond donors (Lipinski definition) is 0. The summed E-state index contributed by atoms with van der Waals surface area (Å²) in [6, 6.07) is 15.0. The van der Waals surface area contributed by atoms with Crippen LogP contribution in [0, 0.1) is 0 Å². The van der Waals surface area contributed by atoms with Crippen LogP contribution in [0.4, 0.5) is 0 Å². The second-order valence-electron chi connectivity index (χ2n) is 5.76. The normalized spacial score (nSPS) is 15.7.